The highest BCUT2D eigenvalue weighted by atomic mass is 16.5. The number of carbonyl (C=O) groups is 2. The number of rotatable bonds is 7. The van der Waals surface area contributed by atoms with Crippen molar-refractivity contribution in [2.24, 2.45) is 0 Å². The van der Waals surface area contributed by atoms with Gasteiger partial charge in [-0.15, -0.1) is 0 Å². The van der Waals surface area contributed by atoms with Crippen LogP contribution in [-0.4, -0.2) is 50.1 Å². The van der Waals surface area contributed by atoms with Crippen LogP contribution in [0, 0.1) is 6.92 Å². The van der Waals surface area contributed by atoms with Crippen molar-refractivity contribution in [3.8, 4) is 0 Å². The fraction of sp³-hybridized carbons (Fsp3) is 0.556. The Morgan fingerprint density at radius 2 is 1.92 bits per heavy atom. The number of nitrogens with one attached hydrogen (secondary N) is 2. The second-order valence-electron chi connectivity index (χ2n) is 6.41. The maximum atomic E-state index is 12.3. The number of carbonyl (C=O) groups excluding carboxylic acids is 2. The summed E-state index contributed by atoms with van der Waals surface area (Å²) in [5, 5.41) is 5.69. The Hall–Kier alpha value is -1.92. The van der Waals surface area contributed by atoms with Gasteiger partial charge in [-0.25, -0.2) is 0 Å². The second-order valence-corrected chi connectivity index (χ2v) is 6.41. The SMILES string of the molecule is COCC(=O)Nc1ccc(C)c(NC(=O)CN(C)C2CCCC2)c1. The minimum Gasteiger partial charge on any atom is -0.375 e. The van der Waals surface area contributed by atoms with E-state index in [1.165, 1.54) is 32.8 Å². The summed E-state index contributed by atoms with van der Waals surface area (Å²) in [6.07, 6.45) is 4.84. The number of benzene rings is 1. The first-order chi connectivity index (χ1) is 11.5. The lowest BCUT2D eigenvalue weighted by Crippen LogP contribution is -2.36. The average Bonchev–Trinajstić information content (AvgIpc) is 3.05. The summed E-state index contributed by atoms with van der Waals surface area (Å²) in [5.74, 6) is -0.257. The molecule has 24 heavy (non-hydrogen) atoms. The number of amides is 2. The van der Waals surface area contributed by atoms with Gasteiger partial charge in [-0.2, -0.15) is 0 Å². The molecular weight excluding hydrogens is 306 g/mol. The van der Waals surface area contributed by atoms with Crippen LogP contribution in [0.3, 0.4) is 0 Å². The van der Waals surface area contributed by atoms with Crippen LogP contribution in [0.15, 0.2) is 18.2 Å². The Morgan fingerprint density at radius 3 is 2.58 bits per heavy atom. The molecular formula is C18H27N3O3. The van der Waals surface area contributed by atoms with E-state index in [1.807, 2.05) is 26.1 Å². The molecule has 0 bridgehead atoms. The third kappa shape index (κ3) is 5.32. The number of ether oxygens (including phenoxy) is 1. The first-order valence-electron chi connectivity index (χ1n) is 8.39. The molecule has 1 aromatic carbocycles. The molecule has 1 fully saturated rings. The molecule has 0 aliphatic heterocycles. The van der Waals surface area contributed by atoms with Crippen LogP contribution in [-0.2, 0) is 14.3 Å². The molecule has 1 aliphatic carbocycles. The molecule has 2 amide bonds. The second kappa shape index (κ2) is 8.80. The minimum absolute atomic E-state index is 0.00174. The molecule has 0 radical (unpaired) electrons. The van der Waals surface area contributed by atoms with Crippen LogP contribution in [0.4, 0.5) is 11.4 Å². The first kappa shape index (κ1) is 18.4. The van der Waals surface area contributed by atoms with Gasteiger partial charge >= 0.3 is 0 Å². The van der Waals surface area contributed by atoms with Gasteiger partial charge in [0.05, 0.1) is 6.54 Å². The molecule has 0 saturated heterocycles. The van der Waals surface area contributed by atoms with Crippen molar-refractivity contribution < 1.29 is 14.3 Å². The molecule has 2 rings (SSSR count). The van der Waals surface area contributed by atoms with E-state index in [4.69, 9.17) is 4.74 Å². The molecule has 1 saturated carbocycles. The van der Waals surface area contributed by atoms with Crippen molar-refractivity contribution in [2.75, 3.05) is 37.9 Å². The topological polar surface area (TPSA) is 70.7 Å². The van der Waals surface area contributed by atoms with E-state index >= 15 is 0 Å². The predicted molar refractivity (Wildman–Crippen MR) is 95.2 cm³/mol. The minimum atomic E-state index is -0.223. The van der Waals surface area contributed by atoms with E-state index in [0.29, 0.717) is 18.3 Å². The lowest BCUT2D eigenvalue weighted by atomic mass is 10.1. The molecule has 0 atom stereocenters. The van der Waals surface area contributed by atoms with Crippen molar-refractivity contribution in [3.05, 3.63) is 23.8 Å². The highest BCUT2D eigenvalue weighted by Gasteiger charge is 2.21. The van der Waals surface area contributed by atoms with Gasteiger partial charge in [-0.3, -0.25) is 14.5 Å². The maximum absolute atomic E-state index is 12.3. The van der Waals surface area contributed by atoms with Gasteiger partial charge in [0.15, 0.2) is 0 Å². The summed E-state index contributed by atoms with van der Waals surface area (Å²) >= 11 is 0. The first-order valence-corrected chi connectivity index (χ1v) is 8.39. The molecule has 1 aliphatic rings. The maximum Gasteiger partial charge on any atom is 0.250 e. The molecule has 1 aromatic rings. The largest absolute Gasteiger partial charge is 0.375 e. The molecule has 0 aromatic heterocycles. The molecule has 6 nitrogen and oxygen atoms in total. The van der Waals surface area contributed by atoms with Crippen LogP contribution in [0.2, 0.25) is 0 Å². The summed E-state index contributed by atoms with van der Waals surface area (Å²) in [6.45, 7) is 2.31. The van der Waals surface area contributed by atoms with Crippen molar-refractivity contribution in [2.45, 2.75) is 38.6 Å². The number of aryl methyl sites for hydroxylation is 1. The molecule has 0 heterocycles. The Balaban J connectivity index is 1.94. The zero-order valence-electron chi connectivity index (χ0n) is 14.7. The lowest BCUT2D eigenvalue weighted by molar-refractivity contribution is -0.119. The molecule has 0 unspecified atom stereocenters. The Labute approximate surface area is 143 Å². The Morgan fingerprint density at radius 1 is 1.21 bits per heavy atom. The third-order valence-electron chi connectivity index (χ3n) is 4.41. The van der Waals surface area contributed by atoms with Gasteiger partial charge in [-0.05, 0) is 44.5 Å². The lowest BCUT2D eigenvalue weighted by Gasteiger charge is -2.23. The van der Waals surface area contributed by atoms with E-state index in [-0.39, 0.29) is 18.4 Å². The number of hydrogen-bond acceptors (Lipinski definition) is 4. The molecule has 0 spiro atoms. The highest BCUT2D eigenvalue weighted by molar-refractivity contribution is 5.95. The summed E-state index contributed by atoms with van der Waals surface area (Å²) in [5.41, 5.74) is 2.31. The van der Waals surface area contributed by atoms with Crippen LogP contribution < -0.4 is 10.6 Å². The van der Waals surface area contributed by atoms with Gasteiger partial charge in [0, 0.05) is 24.5 Å². The zero-order chi connectivity index (χ0) is 17.5. The van der Waals surface area contributed by atoms with Crippen LogP contribution in [0.25, 0.3) is 0 Å². The smallest absolute Gasteiger partial charge is 0.250 e. The Bertz CT molecular complexity index is 583. The monoisotopic (exact) mass is 333 g/mol. The third-order valence-corrected chi connectivity index (χ3v) is 4.41. The molecule has 2 N–H and O–H groups in total. The van der Waals surface area contributed by atoms with Gasteiger partial charge in [0.25, 0.3) is 0 Å². The number of nitrogens with zero attached hydrogens (tertiary/aromatic N) is 1. The summed E-state index contributed by atoms with van der Waals surface area (Å²) in [7, 11) is 3.48. The van der Waals surface area contributed by atoms with Crippen molar-refractivity contribution in [3.63, 3.8) is 0 Å². The number of hydrogen-bond donors (Lipinski definition) is 2. The van der Waals surface area contributed by atoms with Crippen LogP contribution in [0.5, 0.6) is 0 Å². The van der Waals surface area contributed by atoms with E-state index < -0.39 is 0 Å². The van der Waals surface area contributed by atoms with Gasteiger partial charge in [0.2, 0.25) is 11.8 Å². The molecule has 132 valence electrons. The van der Waals surface area contributed by atoms with Crippen molar-refractivity contribution in [1.82, 2.24) is 4.90 Å². The van der Waals surface area contributed by atoms with E-state index in [0.717, 1.165) is 11.3 Å². The number of anilines is 2. The summed E-state index contributed by atoms with van der Waals surface area (Å²) < 4.78 is 4.80. The predicted octanol–water partition coefficient (Wildman–Crippen LogP) is 2.39. The fourth-order valence-electron chi connectivity index (χ4n) is 3.05. The average molecular weight is 333 g/mol. The van der Waals surface area contributed by atoms with Crippen molar-refractivity contribution >= 4 is 23.2 Å². The summed E-state index contributed by atoms with van der Waals surface area (Å²) in [4.78, 5) is 26.0. The van der Waals surface area contributed by atoms with E-state index in [2.05, 4.69) is 15.5 Å². The van der Waals surface area contributed by atoms with Gasteiger partial charge in [-0.1, -0.05) is 18.9 Å². The van der Waals surface area contributed by atoms with Gasteiger partial charge < -0.3 is 15.4 Å². The van der Waals surface area contributed by atoms with E-state index in [1.54, 1.807) is 6.07 Å². The van der Waals surface area contributed by atoms with Crippen LogP contribution >= 0.6 is 0 Å². The number of likely N-dealkylation sites (N-methyl/N-ethyl adjacent to an activating group) is 1. The fourth-order valence-corrected chi connectivity index (χ4v) is 3.05. The summed E-state index contributed by atoms with van der Waals surface area (Å²) in [6, 6.07) is 5.97. The molecule has 6 heteroatoms. The quantitative estimate of drug-likeness (QED) is 0.804. The van der Waals surface area contributed by atoms with Crippen molar-refractivity contribution in [1.29, 1.82) is 0 Å². The Kier molecular flexibility index (Phi) is 6.75. The number of methoxy groups -OCH3 is 1. The van der Waals surface area contributed by atoms with E-state index in [9.17, 15) is 9.59 Å². The standard InChI is InChI=1S/C18H27N3O3/c1-13-8-9-14(19-18(23)12-24-3)10-16(13)20-17(22)11-21(2)15-6-4-5-7-15/h8-10,15H,4-7,11-12H2,1-3H3,(H,19,23)(H,20,22). The zero-order valence-corrected chi connectivity index (χ0v) is 14.7. The highest BCUT2D eigenvalue weighted by Crippen LogP contribution is 2.23. The van der Waals surface area contributed by atoms with Crippen LogP contribution in [0.1, 0.15) is 31.2 Å². The van der Waals surface area contributed by atoms with Gasteiger partial charge in [0.1, 0.15) is 6.61 Å². The normalized spacial score (nSPS) is 14.8.